The molecule has 0 radical (unpaired) electrons. The highest BCUT2D eigenvalue weighted by Crippen LogP contribution is 2.21. The number of fused-ring (bicyclic) bond motifs is 1. The van der Waals surface area contributed by atoms with Crippen LogP contribution in [0.15, 0.2) is 47.8 Å². The summed E-state index contributed by atoms with van der Waals surface area (Å²) in [6, 6.07) is 6.13. The van der Waals surface area contributed by atoms with Crippen LogP contribution in [0.3, 0.4) is 0 Å². The van der Waals surface area contributed by atoms with Gasteiger partial charge in [-0.05, 0) is 18.2 Å². The van der Waals surface area contributed by atoms with Gasteiger partial charge < -0.3 is 5.11 Å². The molecule has 3 heterocycles. The molecule has 0 aliphatic rings. The predicted molar refractivity (Wildman–Crippen MR) is 64.6 cm³/mol. The number of pyridine rings is 2. The van der Waals surface area contributed by atoms with Crippen LogP contribution in [0, 0.1) is 0 Å². The van der Waals surface area contributed by atoms with Crippen molar-refractivity contribution in [2.45, 2.75) is 0 Å². The van der Waals surface area contributed by atoms with Gasteiger partial charge in [-0.15, -0.1) is 0 Å². The molecule has 0 spiro atoms. The van der Waals surface area contributed by atoms with Crippen LogP contribution in [0.1, 0.15) is 0 Å². The molecular weight excluding hydrogens is 232 g/mol. The van der Waals surface area contributed by atoms with Crippen LogP contribution in [0.4, 0.5) is 0 Å². The van der Waals surface area contributed by atoms with Crippen molar-refractivity contribution in [2.75, 3.05) is 0 Å². The first-order valence-corrected chi connectivity index (χ1v) is 5.23. The molecule has 0 unspecified atom stereocenters. The molecule has 0 saturated heterocycles. The second-order valence-corrected chi connectivity index (χ2v) is 3.65. The number of aromatic nitrogens is 4. The maximum atomic E-state index is 12.0. The Morgan fingerprint density at radius 1 is 1.17 bits per heavy atom. The van der Waals surface area contributed by atoms with Crippen LogP contribution >= 0.6 is 0 Å². The first-order chi connectivity index (χ1) is 8.77. The largest absolute Gasteiger partial charge is 0.507 e. The molecule has 3 rings (SSSR count). The van der Waals surface area contributed by atoms with Crippen molar-refractivity contribution < 1.29 is 5.11 Å². The normalized spacial score (nSPS) is 10.7. The minimum absolute atomic E-state index is 0.0894. The van der Waals surface area contributed by atoms with Gasteiger partial charge in [0.1, 0.15) is 17.9 Å². The van der Waals surface area contributed by atoms with E-state index in [9.17, 15) is 9.90 Å². The van der Waals surface area contributed by atoms with Gasteiger partial charge in [0.05, 0.1) is 5.39 Å². The van der Waals surface area contributed by atoms with E-state index in [4.69, 9.17) is 0 Å². The fourth-order valence-electron chi connectivity index (χ4n) is 1.78. The fourth-order valence-corrected chi connectivity index (χ4v) is 1.78. The second-order valence-electron chi connectivity index (χ2n) is 3.65. The van der Waals surface area contributed by atoms with E-state index < -0.39 is 5.56 Å². The smallest absolute Gasteiger partial charge is 0.261 e. The van der Waals surface area contributed by atoms with Crippen LogP contribution in [-0.2, 0) is 0 Å². The lowest BCUT2D eigenvalue weighted by Crippen LogP contribution is -2.19. The van der Waals surface area contributed by atoms with Gasteiger partial charge in [0.2, 0.25) is 0 Å². The molecule has 0 aromatic carbocycles. The number of nitrogens with zero attached hydrogens (tertiary/aromatic N) is 4. The summed E-state index contributed by atoms with van der Waals surface area (Å²) in [6.07, 6.45) is 4.44. The number of rotatable bonds is 1. The number of aromatic hydroxyl groups is 1. The molecule has 0 saturated carbocycles. The molecule has 0 fully saturated rings. The zero-order valence-corrected chi connectivity index (χ0v) is 9.19. The minimum Gasteiger partial charge on any atom is -0.507 e. The first-order valence-electron chi connectivity index (χ1n) is 5.23. The summed E-state index contributed by atoms with van der Waals surface area (Å²) in [6.45, 7) is 0. The van der Waals surface area contributed by atoms with E-state index in [-0.39, 0.29) is 5.75 Å². The van der Waals surface area contributed by atoms with E-state index in [1.165, 1.54) is 17.1 Å². The van der Waals surface area contributed by atoms with Crippen molar-refractivity contribution in [1.29, 1.82) is 0 Å². The van der Waals surface area contributed by atoms with Crippen LogP contribution in [0.2, 0.25) is 0 Å². The van der Waals surface area contributed by atoms with Gasteiger partial charge in [-0.2, -0.15) is 0 Å². The summed E-state index contributed by atoms with van der Waals surface area (Å²) in [5.41, 5.74) is -0.0291. The van der Waals surface area contributed by atoms with Gasteiger partial charge in [0.25, 0.3) is 5.56 Å². The van der Waals surface area contributed by atoms with E-state index in [0.29, 0.717) is 16.9 Å². The topological polar surface area (TPSA) is 80.9 Å². The van der Waals surface area contributed by atoms with E-state index >= 15 is 0 Å². The van der Waals surface area contributed by atoms with Crippen LogP contribution in [0.25, 0.3) is 16.9 Å². The summed E-state index contributed by atoms with van der Waals surface area (Å²) >= 11 is 0. The fraction of sp³-hybridized carbons (Fsp3) is 0. The third kappa shape index (κ3) is 1.51. The summed E-state index contributed by atoms with van der Waals surface area (Å²) < 4.78 is 1.33. The molecule has 0 aliphatic carbocycles. The molecular formula is C12H8N4O2. The summed E-state index contributed by atoms with van der Waals surface area (Å²) in [7, 11) is 0. The highest BCUT2D eigenvalue weighted by atomic mass is 16.3. The van der Waals surface area contributed by atoms with Crippen LogP contribution in [-0.4, -0.2) is 24.6 Å². The van der Waals surface area contributed by atoms with Crippen molar-refractivity contribution in [2.24, 2.45) is 0 Å². The van der Waals surface area contributed by atoms with Gasteiger partial charge in [-0.3, -0.25) is 4.79 Å². The summed E-state index contributed by atoms with van der Waals surface area (Å²) in [5, 5.41) is 10.2. The van der Waals surface area contributed by atoms with Gasteiger partial charge in [-0.25, -0.2) is 19.5 Å². The highest BCUT2D eigenvalue weighted by Gasteiger charge is 2.10. The lowest BCUT2D eigenvalue weighted by atomic mass is 10.2. The molecule has 6 nitrogen and oxygen atoms in total. The van der Waals surface area contributed by atoms with Crippen molar-refractivity contribution >= 4 is 11.0 Å². The first kappa shape index (κ1) is 10.4. The Hall–Kier alpha value is -2.76. The van der Waals surface area contributed by atoms with E-state index in [1.807, 2.05) is 0 Å². The molecule has 1 N–H and O–H groups in total. The Kier molecular flexibility index (Phi) is 2.26. The lowest BCUT2D eigenvalue weighted by Gasteiger charge is -2.08. The average Bonchev–Trinajstić information content (AvgIpc) is 2.40. The molecule has 18 heavy (non-hydrogen) atoms. The molecule has 0 bridgehead atoms. The monoisotopic (exact) mass is 240 g/mol. The summed E-state index contributed by atoms with van der Waals surface area (Å²) in [5.74, 6) is 0.326. The maximum absolute atomic E-state index is 12.0. The Balaban J connectivity index is 2.46. The second kappa shape index (κ2) is 3.92. The molecule has 88 valence electrons. The molecule has 0 aliphatic heterocycles. The zero-order chi connectivity index (χ0) is 12.5. The quantitative estimate of drug-likeness (QED) is 0.683. The lowest BCUT2D eigenvalue weighted by molar-refractivity contribution is 0.479. The van der Waals surface area contributed by atoms with Gasteiger partial charge in [0, 0.05) is 18.5 Å². The number of hydrogen-bond donors (Lipinski definition) is 1. The summed E-state index contributed by atoms with van der Waals surface area (Å²) in [4.78, 5) is 23.9. The molecule has 3 aromatic heterocycles. The van der Waals surface area contributed by atoms with Gasteiger partial charge >= 0.3 is 0 Å². The zero-order valence-electron chi connectivity index (χ0n) is 9.19. The molecule has 6 heteroatoms. The van der Waals surface area contributed by atoms with Gasteiger partial charge in [0.15, 0.2) is 5.65 Å². The Morgan fingerprint density at radius 3 is 2.83 bits per heavy atom. The van der Waals surface area contributed by atoms with Crippen molar-refractivity contribution in [3.63, 3.8) is 0 Å². The minimum atomic E-state index is -0.391. The van der Waals surface area contributed by atoms with Crippen molar-refractivity contribution in [1.82, 2.24) is 19.5 Å². The standard InChI is InChI=1S/C12H8N4O2/c17-9-6-11(18)16(10-3-5-13-7-15-10)12-8(9)2-1-4-14-12/h1-7,17H. The Morgan fingerprint density at radius 2 is 2.06 bits per heavy atom. The maximum Gasteiger partial charge on any atom is 0.261 e. The van der Waals surface area contributed by atoms with E-state index in [2.05, 4.69) is 15.0 Å². The Bertz CT molecular complexity index is 768. The Labute approximate surface area is 101 Å². The van der Waals surface area contributed by atoms with Gasteiger partial charge in [-0.1, -0.05) is 0 Å². The van der Waals surface area contributed by atoms with Crippen molar-refractivity contribution in [3.05, 3.63) is 53.3 Å². The molecule has 3 aromatic rings. The van der Waals surface area contributed by atoms with Crippen LogP contribution < -0.4 is 5.56 Å². The molecule has 0 amide bonds. The van der Waals surface area contributed by atoms with Crippen LogP contribution in [0.5, 0.6) is 5.75 Å². The predicted octanol–water partition coefficient (Wildman–Crippen LogP) is 0.881. The van der Waals surface area contributed by atoms with E-state index in [1.54, 1.807) is 24.4 Å². The van der Waals surface area contributed by atoms with Crippen molar-refractivity contribution in [3.8, 4) is 11.6 Å². The highest BCUT2D eigenvalue weighted by molar-refractivity contribution is 5.82. The third-order valence-electron chi connectivity index (χ3n) is 2.55. The molecule has 0 atom stereocenters. The third-order valence-corrected chi connectivity index (χ3v) is 2.55. The number of hydrogen-bond acceptors (Lipinski definition) is 5. The average molecular weight is 240 g/mol. The van der Waals surface area contributed by atoms with E-state index in [0.717, 1.165) is 6.07 Å². The SMILES string of the molecule is O=c1cc(O)c2cccnc2n1-c1ccncn1.